The number of nitrogens with one attached hydrogen (secondary N) is 2. The van der Waals surface area contributed by atoms with Crippen LogP contribution in [-0.2, 0) is 6.42 Å². The fourth-order valence-electron chi connectivity index (χ4n) is 1.46. The number of hydrogen-bond donors (Lipinski definition) is 2. The number of para-hydroxylation sites is 1. The van der Waals surface area contributed by atoms with Crippen molar-refractivity contribution in [2.45, 2.75) is 13.3 Å². The maximum Gasteiger partial charge on any atom is 0.266 e. The van der Waals surface area contributed by atoms with Crippen molar-refractivity contribution >= 4 is 27.6 Å². The predicted octanol–water partition coefficient (Wildman–Crippen LogP) is 2.84. The van der Waals surface area contributed by atoms with Gasteiger partial charge in [0.1, 0.15) is 4.47 Å². The van der Waals surface area contributed by atoms with E-state index in [1.165, 1.54) is 0 Å². The molecular weight excluding hydrogens is 282 g/mol. The van der Waals surface area contributed by atoms with Gasteiger partial charge >= 0.3 is 0 Å². The third kappa shape index (κ3) is 2.74. The molecule has 0 atom stereocenters. The molecule has 2 aromatic rings. The third-order valence-electron chi connectivity index (χ3n) is 2.30. The van der Waals surface area contributed by atoms with Crippen LogP contribution < -0.4 is 10.9 Å². The Bertz CT molecular complexity index is 566. The SMILES string of the molecule is CCc1nc(Nc2ccccc2)[nH]c(=O)c1Br. The van der Waals surface area contributed by atoms with Crippen LogP contribution in [0.15, 0.2) is 39.6 Å². The molecule has 17 heavy (non-hydrogen) atoms. The lowest BCUT2D eigenvalue weighted by Crippen LogP contribution is -2.14. The van der Waals surface area contributed by atoms with Crippen LogP contribution in [0.1, 0.15) is 12.6 Å². The second kappa shape index (κ2) is 5.14. The number of aromatic nitrogens is 2. The van der Waals surface area contributed by atoms with E-state index in [1.807, 2.05) is 37.3 Å². The van der Waals surface area contributed by atoms with Gasteiger partial charge in [-0.05, 0) is 34.5 Å². The highest BCUT2D eigenvalue weighted by atomic mass is 79.9. The highest BCUT2D eigenvalue weighted by Crippen LogP contribution is 2.14. The smallest absolute Gasteiger partial charge is 0.266 e. The van der Waals surface area contributed by atoms with Crippen molar-refractivity contribution in [1.29, 1.82) is 0 Å². The normalized spacial score (nSPS) is 10.2. The molecule has 0 saturated heterocycles. The number of anilines is 2. The molecule has 0 spiro atoms. The third-order valence-corrected chi connectivity index (χ3v) is 3.12. The molecule has 1 aromatic heterocycles. The lowest BCUT2D eigenvalue weighted by atomic mass is 10.3. The highest BCUT2D eigenvalue weighted by Gasteiger charge is 2.06. The molecule has 2 N–H and O–H groups in total. The summed E-state index contributed by atoms with van der Waals surface area (Å²) >= 11 is 3.23. The summed E-state index contributed by atoms with van der Waals surface area (Å²) in [5, 5.41) is 3.06. The Morgan fingerprint density at radius 3 is 2.71 bits per heavy atom. The monoisotopic (exact) mass is 293 g/mol. The van der Waals surface area contributed by atoms with Crippen LogP contribution in [0.25, 0.3) is 0 Å². The number of benzene rings is 1. The molecular formula is C12H12BrN3O. The average molecular weight is 294 g/mol. The van der Waals surface area contributed by atoms with Crippen molar-refractivity contribution in [1.82, 2.24) is 9.97 Å². The van der Waals surface area contributed by atoms with Crippen LogP contribution in [0.4, 0.5) is 11.6 Å². The number of rotatable bonds is 3. The summed E-state index contributed by atoms with van der Waals surface area (Å²) in [6, 6.07) is 9.59. The Balaban J connectivity index is 2.34. The number of H-pyrrole nitrogens is 1. The molecule has 1 aromatic carbocycles. The Kier molecular flexibility index (Phi) is 3.58. The molecule has 0 saturated carbocycles. The summed E-state index contributed by atoms with van der Waals surface area (Å²) in [5.74, 6) is 0.459. The first-order valence-electron chi connectivity index (χ1n) is 5.31. The average Bonchev–Trinajstić information content (AvgIpc) is 2.35. The lowest BCUT2D eigenvalue weighted by Gasteiger charge is -2.07. The van der Waals surface area contributed by atoms with Gasteiger partial charge in [0.15, 0.2) is 0 Å². The highest BCUT2D eigenvalue weighted by molar-refractivity contribution is 9.10. The van der Waals surface area contributed by atoms with Crippen LogP contribution in [-0.4, -0.2) is 9.97 Å². The van der Waals surface area contributed by atoms with Crippen molar-refractivity contribution in [3.63, 3.8) is 0 Å². The largest absolute Gasteiger partial charge is 0.326 e. The maximum absolute atomic E-state index is 11.6. The number of halogens is 1. The summed E-state index contributed by atoms with van der Waals surface area (Å²) < 4.78 is 0.499. The predicted molar refractivity (Wildman–Crippen MR) is 71.7 cm³/mol. The molecule has 1 heterocycles. The van der Waals surface area contributed by atoms with Crippen LogP contribution in [0.3, 0.4) is 0 Å². The number of aryl methyl sites for hydroxylation is 1. The van der Waals surface area contributed by atoms with E-state index in [4.69, 9.17) is 0 Å². The summed E-state index contributed by atoms with van der Waals surface area (Å²) in [4.78, 5) is 18.6. The first-order chi connectivity index (χ1) is 8.20. The number of hydrogen-bond acceptors (Lipinski definition) is 3. The molecule has 0 aliphatic carbocycles. The van der Waals surface area contributed by atoms with Crippen LogP contribution >= 0.6 is 15.9 Å². The fraction of sp³-hybridized carbons (Fsp3) is 0.167. The topological polar surface area (TPSA) is 57.8 Å². The van der Waals surface area contributed by atoms with Gasteiger partial charge in [0.2, 0.25) is 5.95 Å². The van der Waals surface area contributed by atoms with Crippen molar-refractivity contribution < 1.29 is 0 Å². The van der Waals surface area contributed by atoms with E-state index in [-0.39, 0.29) is 5.56 Å². The lowest BCUT2D eigenvalue weighted by molar-refractivity contribution is 0.969. The first kappa shape index (κ1) is 11.9. The maximum atomic E-state index is 11.6. The van der Waals surface area contributed by atoms with Crippen molar-refractivity contribution in [2.75, 3.05) is 5.32 Å². The molecule has 0 amide bonds. The van der Waals surface area contributed by atoms with Gasteiger partial charge in [-0.3, -0.25) is 9.78 Å². The molecule has 0 aliphatic heterocycles. The second-order valence-corrected chi connectivity index (χ2v) is 4.31. The summed E-state index contributed by atoms with van der Waals surface area (Å²) in [6.45, 7) is 1.96. The van der Waals surface area contributed by atoms with Crippen molar-refractivity contribution in [2.24, 2.45) is 0 Å². The molecule has 0 fully saturated rings. The van der Waals surface area contributed by atoms with Crippen LogP contribution in [0.5, 0.6) is 0 Å². The Morgan fingerprint density at radius 1 is 1.35 bits per heavy atom. The minimum Gasteiger partial charge on any atom is -0.326 e. The second-order valence-electron chi connectivity index (χ2n) is 3.52. The molecule has 4 nitrogen and oxygen atoms in total. The van der Waals surface area contributed by atoms with Crippen LogP contribution in [0, 0.1) is 0 Å². The molecule has 0 unspecified atom stereocenters. The summed E-state index contributed by atoms with van der Waals surface area (Å²) in [5.41, 5.74) is 1.46. The van der Waals surface area contributed by atoms with Gasteiger partial charge in [-0.2, -0.15) is 0 Å². The number of aromatic amines is 1. The van der Waals surface area contributed by atoms with Gasteiger partial charge < -0.3 is 5.32 Å². The summed E-state index contributed by atoms with van der Waals surface area (Å²) in [6.07, 6.45) is 0.702. The molecule has 0 aliphatic rings. The van der Waals surface area contributed by atoms with E-state index in [2.05, 4.69) is 31.2 Å². The van der Waals surface area contributed by atoms with E-state index >= 15 is 0 Å². The van der Waals surface area contributed by atoms with Crippen molar-refractivity contribution in [3.05, 3.63) is 50.9 Å². The molecule has 5 heteroatoms. The van der Waals surface area contributed by atoms with E-state index in [9.17, 15) is 4.79 Å². The zero-order valence-electron chi connectivity index (χ0n) is 9.33. The van der Waals surface area contributed by atoms with Gasteiger partial charge in [-0.15, -0.1) is 0 Å². The minimum absolute atomic E-state index is 0.171. The first-order valence-corrected chi connectivity index (χ1v) is 6.10. The van der Waals surface area contributed by atoms with Gasteiger partial charge in [0, 0.05) is 5.69 Å². The molecule has 0 radical (unpaired) electrons. The van der Waals surface area contributed by atoms with E-state index in [0.29, 0.717) is 16.8 Å². The van der Waals surface area contributed by atoms with Crippen molar-refractivity contribution in [3.8, 4) is 0 Å². The van der Waals surface area contributed by atoms with Gasteiger partial charge in [0.05, 0.1) is 5.69 Å². The Hall–Kier alpha value is -1.62. The molecule has 2 rings (SSSR count). The van der Waals surface area contributed by atoms with Gasteiger partial charge in [0.25, 0.3) is 5.56 Å². The van der Waals surface area contributed by atoms with E-state index in [0.717, 1.165) is 11.4 Å². The number of nitrogens with zero attached hydrogens (tertiary/aromatic N) is 1. The molecule has 88 valence electrons. The fourth-order valence-corrected chi connectivity index (χ4v) is 1.93. The quantitative estimate of drug-likeness (QED) is 0.915. The Morgan fingerprint density at radius 2 is 2.06 bits per heavy atom. The zero-order valence-corrected chi connectivity index (χ0v) is 10.9. The standard InChI is InChI=1S/C12H12BrN3O/c1-2-9-10(13)11(17)16-12(15-9)14-8-6-4-3-5-7-8/h3-7H,2H2,1H3,(H2,14,15,16,17). The van der Waals surface area contributed by atoms with Gasteiger partial charge in [-0.1, -0.05) is 25.1 Å². The minimum atomic E-state index is -0.171. The van der Waals surface area contributed by atoms with Crippen LogP contribution in [0.2, 0.25) is 0 Å². The molecule has 0 bridgehead atoms. The van der Waals surface area contributed by atoms with E-state index < -0.39 is 0 Å². The Labute approximate surface area is 107 Å². The van der Waals surface area contributed by atoms with E-state index in [1.54, 1.807) is 0 Å². The summed E-state index contributed by atoms with van der Waals surface area (Å²) in [7, 11) is 0. The van der Waals surface area contributed by atoms with Gasteiger partial charge in [-0.25, -0.2) is 4.98 Å². The zero-order chi connectivity index (χ0) is 12.3.